The van der Waals surface area contributed by atoms with Gasteiger partial charge in [0.1, 0.15) is 10.6 Å². The number of benzene rings is 2. The standard InChI is InChI=1S/C27H27BrN4O3S2/c1-3-31-13-12-21-22(15-31)37-25-24(21)26(34)32(19-8-10-20(11-9-19)35-4-2)27(30-25)36-16-23(33)29-18-7-5-6-17(28)14-18/h5-11,14H,3-4,12-13,15-16H2,1-2H3,(H,29,33). The average Bonchev–Trinajstić information content (AvgIpc) is 3.26. The summed E-state index contributed by atoms with van der Waals surface area (Å²) >= 11 is 6.28. The van der Waals surface area contributed by atoms with Crippen LogP contribution in [-0.2, 0) is 17.8 Å². The molecular weight excluding hydrogens is 572 g/mol. The Labute approximate surface area is 232 Å². The third-order valence-electron chi connectivity index (χ3n) is 6.22. The molecule has 5 rings (SSSR count). The van der Waals surface area contributed by atoms with Crippen LogP contribution in [0.15, 0.2) is 63.0 Å². The van der Waals surface area contributed by atoms with Gasteiger partial charge in [-0.05, 0) is 67.9 Å². The summed E-state index contributed by atoms with van der Waals surface area (Å²) in [7, 11) is 0. The van der Waals surface area contributed by atoms with Gasteiger partial charge >= 0.3 is 0 Å². The molecule has 1 N–H and O–H groups in total. The van der Waals surface area contributed by atoms with Crippen LogP contribution in [0, 0.1) is 0 Å². The first-order valence-electron chi connectivity index (χ1n) is 12.2. The Hall–Kier alpha value is -2.66. The molecule has 0 spiro atoms. The molecule has 0 saturated heterocycles. The molecule has 0 fully saturated rings. The van der Waals surface area contributed by atoms with Gasteiger partial charge in [-0.15, -0.1) is 11.3 Å². The molecule has 2 aromatic carbocycles. The number of carbonyl (C=O) groups is 1. The number of carbonyl (C=O) groups excluding carboxylic acids is 1. The number of thioether (sulfide) groups is 1. The average molecular weight is 600 g/mol. The molecule has 0 atom stereocenters. The van der Waals surface area contributed by atoms with Gasteiger partial charge in [-0.3, -0.25) is 19.1 Å². The lowest BCUT2D eigenvalue weighted by molar-refractivity contribution is -0.113. The minimum Gasteiger partial charge on any atom is -0.494 e. The summed E-state index contributed by atoms with van der Waals surface area (Å²) in [4.78, 5) is 36.0. The zero-order chi connectivity index (χ0) is 25.9. The molecule has 10 heteroatoms. The molecule has 192 valence electrons. The van der Waals surface area contributed by atoms with Gasteiger partial charge in [-0.2, -0.15) is 0 Å². The fourth-order valence-electron chi connectivity index (χ4n) is 4.42. The first-order valence-corrected chi connectivity index (χ1v) is 14.8. The van der Waals surface area contributed by atoms with Crippen molar-refractivity contribution < 1.29 is 9.53 Å². The van der Waals surface area contributed by atoms with Gasteiger partial charge in [0.2, 0.25) is 5.91 Å². The maximum absolute atomic E-state index is 14.0. The normalized spacial score (nSPS) is 13.5. The molecule has 3 heterocycles. The van der Waals surface area contributed by atoms with Gasteiger partial charge in [-0.1, -0.05) is 40.7 Å². The van der Waals surface area contributed by atoms with E-state index in [0.29, 0.717) is 28.5 Å². The van der Waals surface area contributed by atoms with Crippen molar-refractivity contribution in [2.75, 3.05) is 30.8 Å². The fourth-order valence-corrected chi connectivity index (χ4v) is 6.94. The van der Waals surface area contributed by atoms with Crippen LogP contribution < -0.4 is 15.6 Å². The van der Waals surface area contributed by atoms with Crippen LogP contribution in [0.3, 0.4) is 0 Å². The summed E-state index contributed by atoms with van der Waals surface area (Å²) in [6.07, 6.45) is 0.838. The Kier molecular flexibility index (Phi) is 7.99. The van der Waals surface area contributed by atoms with Crippen LogP contribution >= 0.6 is 39.0 Å². The molecule has 2 aromatic heterocycles. The number of anilines is 1. The monoisotopic (exact) mass is 598 g/mol. The topological polar surface area (TPSA) is 76.5 Å². The number of amides is 1. The quantitative estimate of drug-likeness (QED) is 0.206. The molecule has 0 bridgehead atoms. The summed E-state index contributed by atoms with van der Waals surface area (Å²) < 4.78 is 8.11. The van der Waals surface area contributed by atoms with Gasteiger partial charge in [0.25, 0.3) is 5.56 Å². The number of likely N-dealkylation sites (N-methyl/N-ethyl adjacent to an activating group) is 1. The number of hydrogen-bond acceptors (Lipinski definition) is 7. The van der Waals surface area contributed by atoms with Crippen LogP contribution in [0.5, 0.6) is 5.75 Å². The molecule has 4 aromatic rings. The molecule has 0 unspecified atom stereocenters. The van der Waals surface area contributed by atoms with Crippen LogP contribution in [0.25, 0.3) is 15.9 Å². The van der Waals surface area contributed by atoms with E-state index >= 15 is 0 Å². The SMILES string of the molecule is CCOc1ccc(-n2c(SCC(=O)Nc3cccc(Br)c3)nc3sc4c(c3c2=O)CCN(CC)C4)cc1. The minimum atomic E-state index is -0.167. The predicted octanol–water partition coefficient (Wildman–Crippen LogP) is 5.72. The fraction of sp³-hybridized carbons (Fsp3) is 0.296. The van der Waals surface area contributed by atoms with Crippen molar-refractivity contribution in [1.29, 1.82) is 0 Å². The minimum absolute atomic E-state index is 0.0912. The van der Waals surface area contributed by atoms with Crippen molar-refractivity contribution in [3.05, 3.63) is 73.8 Å². The molecule has 0 radical (unpaired) electrons. The highest BCUT2D eigenvalue weighted by Gasteiger charge is 2.25. The number of nitrogens with one attached hydrogen (secondary N) is 1. The number of nitrogens with zero attached hydrogens (tertiary/aromatic N) is 3. The Morgan fingerprint density at radius 2 is 2.03 bits per heavy atom. The highest BCUT2D eigenvalue weighted by atomic mass is 79.9. The first kappa shape index (κ1) is 26.0. The third-order valence-corrected chi connectivity index (χ3v) is 8.76. The van der Waals surface area contributed by atoms with Gasteiger partial charge in [-0.25, -0.2) is 4.98 Å². The number of rotatable bonds is 8. The van der Waals surface area contributed by atoms with E-state index in [1.165, 1.54) is 16.6 Å². The second-order valence-corrected chi connectivity index (χ2v) is 11.6. The number of aromatic nitrogens is 2. The molecule has 1 aliphatic rings. The molecule has 1 amide bonds. The van der Waals surface area contributed by atoms with E-state index in [4.69, 9.17) is 9.72 Å². The second-order valence-electron chi connectivity index (χ2n) is 8.61. The maximum Gasteiger partial charge on any atom is 0.267 e. The van der Waals surface area contributed by atoms with Crippen LogP contribution in [-0.4, -0.2) is 45.8 Å². The Morgan fingerprint density at radius 3 is 2.76 bits per heavy atom. The Bertz CT molecular complexity index is 1500. The maximum atomic E-state index is 14.0. The molecule has 37 heavy (non-hydrogen) atoms. The smallest absolute Gasteiger partial charge is 0.267 e. The van der Waals surface area contributed by atoms with Crippen molar-refractivity contribution in [2.24, 2.45) is 0 Å². The Morgan fingerprint density at radius 1 is 1.22 bits per heavy atom. The lowest BCUT2D eigenvalue weighted by atomic mass is 10.1. The number of halogens is 1. The van der Waals surface area contributed by atoms with Crippen LogP contribution in [0.4, 0.5) is 5.69 Å². The van der Waals surface area contributed by atoms with E-state index in [0.717, 1.165) is 46.7 Å². The Balaban J connectivity index is 1.52. The highest BCUT2D eigenvalue weighted by molar-refractivity contribution is 9.10. The van der Waals surface area contributed by atoms with E-state index in [1.54, 1.807) is 15.9 Å². The van der Waals surface area contributed by atoms with Crippen molar-refractivity contribution in [3.8, 4) is 11.4 Å². The van der Waals surface area contributed by atoms with Crippen LogP contribution in [0.1, 0.15) is 24.3 Å². The van der Waals surface area contributed by atoms with Crippen LogP contribution in [0.2, 0.25) is 0 Å². The highest BCUT2D eigenvalue weighted by Crippen LogP contribution is 2.34. The largest absolute Gasteiger partial charge is 0.494 e. The molecule has 0 aliphatic carbocycles. The van der Waals surface area contributed by atoms with Crippen molar-refractivity contribution in [3.63, 3.8) is 0 Å². The summed E-state index contributed by atoms with van der Waals surface area (Å²) in [6, 6.07) is 14.9. The molecule has 7 nitrogen and oxygen atoms in total. The third kappa shape index (κ3) is 5.62. The zero-order valence-electron chi connectivity index (χ0n) is 20.6. The predicted molar refractivity (Wildman–Crippen MR) is 155 cm³/mol. The van der Waals surface area contributed by atoms with Crippen molar-refractivity contribution >= 4 is 60.8 Å². The lowest BCUT2D eigenvalue weighted by Gasteiger charge is -2.25. The van der Waals surface area contributed by atoms with E-state index in [9.17, 15) is 9.59 Å². The van der Waals surface area contributed by atoms with E-state index in [-0.39, 0.29) is 17.2 Å². The molecular formula is C27H27BrN4O3S2. The molecule has 0 saturated carbocycles. The summed E-state index contributed by atoms with van der Waals surface area (Å²) in [6.45, 7) is 7.41. The summed E-state index contributed by atoms with van der Waals surface area (Å²) in [5.41, 5.74) is 2.43. The zero-order valence-corrected chi connectivity index (χ0v) is 23.8. The van der Waals surface area contributed by atoms with Gasteiger partial charge in [0.15, 0.2) is 5.16 Å². The van der Waals surface area contributed by atoms with Gasteiger partial charge in [0.05, 0.1) is 23.4 Å². The second kappa shape index (κ2) is 11.4. The number of thiophene rings is 1. The van der Waals surface area contributed by atoms with E-state index in [2.05, 4.69) is 33.1 Å². The van der Waals surface area contributed by atoms with Crippen molar-refractivity contribution in [1.82, 2.24) is 14.5 Å². The van der Waals surface area contributed by atoms with Gasteiger partial charge < -0.3 is 10.1 Å². The van der Waals surface area contributed by atoms with E-state index < -0.39 is 0 Å². The molecule has 1 aliphatic heterocycles. The summed E-state index contributed by atoms with van der Waals surface area (Å²) in [5, 5.41) is 4.11. The first-order chi connectivity index (χ1) is 18.0. The summed E-state index contributed by atoms with van der Waals surface area (Å²) in [5.74, 6) is 0.694. The van der Waals surface area contributed by atoms with Crippen molar-refractivity contribution in [2.45, 2.75) is 32.0 Å². The number of ether oxygens (including phenoxy) is 1. The number of fused-ring (bicyclic) bond motifs is 3. The van der Waals surface area contributed by atoms with E-state index in [1.807, 2.05) is 55.5 Å². The number of hydrogen-bond donors (Lipinski definition) is 1. The lowest BCUT2D eigenvalue weighted by Crippen LogP contribution is -2.30. The van der Waals surface area contributed by atoms with Gasteiger partial charge in [0, 0.05) is 28.1 Å².